The molecule has 3 rings (SSSR count). The van der Waals surface area contributed by atoms with Gasteiger partial charge in [0.05, 0.1) is 0 Å². The number of amides is 1. The van der Waals surface area contributed by atoms with Crippen molar-refractivity contribution in [2.45, 2.75) is 6.18 Å². The van der Waals surface area contributed by atoms with Gasteiger partial charge in [0, 0.05) is 0 Å². The summed E-state index contributed by atoms with van der Waals surface area (Å²) in [6.07, 6.45) is -3.25. The first-order chi connectivity index (χ1) is 15.6. The van der Waals surface area contributed by atoms with Crippen LogP contribution in [-0.4, -0.2) is 52.8 Å². The zero-order chi connectivity index (χ0) is 24.2. The number of nitrogens with one attached hydrogen (secondary N) is 1. The molecule has 0 aliphatic rings. The van der Waals surface area contributed by atoms with Crippen molar-refractivity contribution in [1.29, 1.82) is 0 Å². The standard InChI is InChI=1S/C21H13As2ClF4N2O3/c1-29-19(31)18-10-13(6-7-30-18)33-12-3-4-15(17(25)9-12)23-20(32)22-11-2-5-16(24)14(8-11)21(26,27)28/h2-10H,1H3,(H,29,31). The van der Waals surface area contributed by atoms with Gasteiger partial charge in [-0.25, -0.2) is 0 Å². The van der Waals surface area contributed by atoms with E-state index in [1.54, 1.807) is 0 Å². The summed E-state index contributed by atoms with van der Waals surface area (Å²) in [4.78, 5) is 28.0. The molecule has 2 radical (unpaired) electrons. The van der Waals surface area contributed by atoms with E-state index in [-0.39, 0.29) is 29.3 Å². The Kier molecular flexibility index (Phi) is 8.22. The fourth-order valence-electron chi connectivity index (χ4n) is 2.54. The second kappa shape index (κ2) is 10.7. The third-order valence-corrected chi connectivity index (χ3v) is 9.75. The number of nitrogens with zero attached hydrogens (tertiary/aromatic N) is 1. The third kappa shape index (κ3) is 6.82. The second-order valence-electron chi connectivity index (χ2n) is 6.34. The summed E-state index contributed by atoms with van der Waals surface area (Å²) in [7, 11) is 1.46. The number of carbonyl (C=O) groups excluding carboxylic acids is 2. The van der Waals surface area contributed by atoms with Crippen LogP contribution in [0.1, 0.15) is 16.1 Å². The Hall–Kier alpha value is -2.34. The summed E-state index contributed by atoms with van der Waals surface area (Å²) in [5.74, 6) is -0.641. The van der Waals surface area contributed by atoms with Crippen LogP contribution >= 0.6 is 11.6 Å². The van der Waals surface area contributed by atoms with Crippen molar-refractivity contribution < 1.29 is 31.9 Å². The quantitative estimate of drug-likeness (QED) is 0.332. The van der Waals surface area contributed by atoms with Crippen molar-refractivity contribution in [2.24, 2.45) is 0 Å². The summed E-state index contributed by atoms with van der Waals surface area (Å²) >= 11 is 3.10. The molecule has 1 amide bonds. The molecule has 0 spiro atoms. The van der Waals surface area contributed by atoms with Crippen molar-refractivity contribution >= 4 is 61.1 Å². The first-order valence-electron chi connectivity index (χ1n) is 9.06. The molecule has 33 heavy (non-hydrogen) atoms. The summed E-state index contributed by atoms with van der Waals surface area (Å²) in [6.45, 7) is 0. The topological polar surface area (TPSA) is 68.3 Å². The molecule has 2 aromatic carbocycles. The minimum absolute atomic E-state index is 0.127. The van der Waals surface area contributed by atoms with Crippen molar-refractivity contribution in [1.82, 2.24) is 10.3 Å². The average molecular weight is 603 g/mol. The van der Waals surface area contributed by atoms with Crippen LogP contribution in [0.4, 0.5) is 22.4 Å². The number of carbonyl (C=O) groups is 2. The Morgan fingerprint density at radius 2 is 1.76 bits per heavy atom. The van der Waals surface area contributed by atoms with Crippen molar-refractivity contribution in [3.63, 3.8) is 0 Å². The molecule has 5 nitrogen and oxygen atoms in total. The summed E-state index contributed by atoms with van der Waals surface area (Å²) in [5.41, 5.74) is -0.869. The molecule has 0 saturated carbocycles. The van der Waals surface area contributed by atoms with Crippen molar-refractivity contribution in [3.05, 3.63) is 76.8 Å². The molecule has 12 heteroatoms. The average Bonchev–Trinajstić information content (AvgIpc) is 2.76. The molecule has 0 bridgehead atoms. The predicted molar refractivity (Wildman–Crippen MR) is 117 cm³/mol. The molecule has 0 saturated heterocycles. The number of alkyl halides is 3. The summed E-state index contributed by atoms with van der Waals surface area (Å²) in [6, 6.07) is 10.3. The number of aromatic nitrogens is 1. The third-order valence-electron chi connectivity index (χ3n) is 4.04. The molecule has 1 heterocycles. The van der Waals surface area contributed by atoms with E-state index in [4.69, 9.17) is 16.3 Å². The van der Waals surface area contributed by atoms with Gasteiger partial charge in [0.1, 0.15) is 0 Å². The van der Waals surface area contributed by atoms with Gasteiger partial charge in [0.25, 0.3) is 0 Å². The first-order valence-corrected chi connectivity index (χ1v) is 13.2. The van der Waals surface area contributed by atoms with Gasteiger partial charge < -0.3 is 0 Å². The molecular weight excluding hydrogens is 590 g/mol. The number of halogens is 5. The van der Waals surface area contributed by atoms with Crippen LogP contribution in [-0.2, 0) is 6.18 Å². The summed E-state index contributed by atoms with van der Waals surface area (Å²) < 4.78 is 59.3. The van der Waals surface area contributed by atoms with Crippen molar-refractivity contribution in [3.8, 4) is 11.5 Å². The number of rotatable bonds is 7. The van der Waals surface area contributed by atoms with Crippen LogP contribution in [0.25, 0.3) is 0 Å². The van der Waals surface area contributed by atoms with Gasteiger partial charge in [0.2, 0.25) is 0 Å². The Labute approximate surface area is 204 Å². The number of pyridine rings is 1. The van der Waals surface area contributed by atoms with E-state index in [1.165, 1.54) is 43.6 Å². The van der Waals surface area contributed by atoms with E-state index in [0.29, 0.717) is 0 Å². The molecule has 3 aromatic rings. The minimum atomic E-state index is -4.62. The Morgan fingerprint density at radius 1 is 1.03 bits per heavy atom. The Bertz CT molecular complexity index is 1210. The molecule has 1 N–H and O–H groups in total. The van der Waals surface area contributed by atoms with Crippen LogP contribution in [0, 0.1) is 5.82 Å². The van der Waals surface area contributed by atoms with Crippen LogP contribution < -0.4 is 18.8 Å². The van der Waals surface area contributed by atoms with Gasteiger partial charge in [-0.1, -0.05) is 0 Å². The van der Waals surface area contributed by atoms with E-state index >= 15 is 0 Å². The van der Waals surface area contributed by atoms with Gasteiger partial charge >= 0.3 is 205 Å². The number of hydrogen-bond donors (Lipinski definition) is 1. The normalized spacial score (nSPS) is 11.9. The molecular formula is C21H13As2ClF4N2O3. The predicted octanol–water partition coefficient (Wildman–Crippen LogP) is 3.52. The van der Waals surface area contributed by atoms with E-state index in [0.717, 1.165) is 18.2 Å². The van der Waals surface area contributed by atoms with Crippen LogP contribution in [0.3, 0.4) is 0 Å². The molecule has 0 unspecified atom stereocenters. The first kappa shape index (κ1) is 25.3. The number of ether oxygens (including phenoxy) is 1. The van der Waals surface area contributed by atoms with E-state index in [2.05, 4.69) is 10.3 Å². The maximum absolute atomic E-state index is 14.5. The molecule has 0 aliphatic heterocycles. The zero-order valence-corrected chi connectivity index (χ0v) is 21.2. The monoisotopic (exact) mass is 602 g/mol. The van der Waals surface area contributed by atoms with Gasteiger partial charge in [0.15, 0.2) is 0 Å². The summed E-state index contributed by atoms with van der Waals surface area (Å²) in [5, 5.41) is 1.99. The molecule has 1 aromatic heterocycles. The SMILES string of the molecule is CNC(=O)c1cc(Oc2ccc([As]C(=O)[As]c3ccc(Cl)c(C(F)(F)F)c3)c(F)c2)ccn1. The van der Waals surface area contributed by atoms with Gasteiger partial charge in [-0.3, -0.25) is 0 Å². The van der Waals surface area contributed by atoms with Crippen LogP contribution in [0.5, 0.6) is 11.5 Å². The molecule has 0 fully saturated rings. The van der Waals surface area contributed by atoms with Crippen LogP contribution in [0.15, 0.2) is 54.7 Å². The van der Waals surface area contributed by atoms with Crippen LogP contribution in [0.2, 0.25) is 5.02 Å². The molecule has 170 valence electrons. The van der Waals surface area contributed by atoms with Gasteiger partial charge in [-0.15, -0.1) is 0 Å². The van der Waals surface area contributed by atoms with Crippen molar-refractivity contribution in [2.75, 3.05) is 7.05 Å². The van der Waals surface area contributed by atoms with Gasteiger partial charge in [-0.05, 0) is 0 Å². The fourth-order valence-corrected chi connectivity index (χ4v) is 8.14. The Balaban J connectivity index is 1.68. The van der Waals surface area contributed by atoms with Gasteiger partial charge in [-0.2, -0.15) is 0 Å². The van der Waals surface area contributed by atoms with E-state index in [1.807, 2.05) is 0 Å². The van der Waals surface area contributed by atoms with E-state index < -0.39 is 60.0 Å². The number of benzene rings is 2. The molecule has 0 aliphatic carbocycles. The van der Waals surface area contributed by atoms with E-state index in [9.17, 15) is 27.2 Å². The fraction of sp³-hybridized carbons (Fsp3) is 0.0952. The zero-order valence-electron chi connectivity index (χ0n) is 16.7. The second-order valence-corrected chi connectivity index (χ2v) is 13.1. The Morgan fingerprint density at radius 3 is 2.42 bits per heavy atom. The maximum atomic E-state index is 14.5. The number of hydrogen-bond acceptors (Lipinski definition) is 4. The molecule has 0 atom stereocenters.